The van der Waals surface area contributed by atoms with Crippen molar-refractivity contribution in [2.24, 2.45) is 0 Å². The van der Waals surface area contributed by atoms with Crippen LogP contribution in [0, 0.1) is 11.6 Å². The van der Waals surface area contributed by atoms with Gasteiger partial charge in [-0.25, -0.2) is 8.78 Å². The van der Waals surface area contributed by atoms with Crippen LogP contribution in [0.25, 0.3) is 11.5 Å². The molecule has 3 heterocycles. The standard InChI is InChI=1S/C19H16F2N4O2/c20-13-7-6-12(14(21)11-13)10-17(26)25-9-3-5-16(25)19-23-18(24-27-19)15-4-1-2-8-22-15/h1-2,4,6-8,11,16H,3,5,9-10H2/t16-/m0/s1. The smallest absolute Gasteiger partial charge is 0.249 e. The van der Waals surface area contributed by atoms with Crippen LogP contribution in [0.1, 0.15) is 30.3 Å². The highest BCUT2D eigenvalue weighted by molar-refractivity contribution is 5.79. The van der Waals surface area contributed by atoms with Gasteiger partial charge in [0.1, 0.15) is 23.4 Å². The van der Waals surface area contributed by atoms with Crippen LogP contribution in [-0.2, 0) is 11.2 Å². The second-order valence-corrected chi connectivity index (χ2v) is 6.33. The SMILES string of the molecule is O=C(Cc1ccc(F)cc1F)N1CCC[C@H]1c1nc(-c2ccccn2)no1. The van der Waals surface area contributed by atoms with Gasteiger partial charge >= 0.3 is 0 Å². The number of likely N-dealkylation sites (tertiary alicyclic amines) is 1. The number of nitrogens with zero attached hydrogens (tertiary/aromatic N) is 4. The summed E-state index contributed by atoms with van der Waals surface area (Å²) in [6.45, 7) is 0.521. The third kappa shape index (κ3) is 3.55. The number of pyridine rings is 1. The number of hydrogen-bond donors (Lipinski definition) is 0. The number of carbonyl (C=O) groups excluding carboxylic acids is 1. The molecule has 6 nitrogen and oxygen atoms in total. The van der Waals surface area contributed by atoms with E-state index in [1.54, 1.807) is 23.2 Å². The van der Waals surface area contributed by atoms with E-state index in [1.807, 2.05) is 6.07 Å². The summed E-state index contributed by atoms with van der Waals surface area (Å²) in [7, 11) is 0. The second-order valence-electron chi connectivity index (χ2n) is 6.33. The highest BCUT2D eigenvalue weighted by atomic mass is 19.1. The molecule has 1 amide bonds. The largest absolute Gasteiger partial charge is 0.337 e. The molecule has 138 valence electrons. The van der Waals surface area contributed by atoms with Crippen LogP contribution in [0.5, 0.6) is 0 Å². The Hall–Kier alpha value is -3.16. The summed E-state index contributed by atoms with van der Waals surface area (Å²) < 4.78 is 32.2. The third-order valence-electron chi connectivity index (χ3n) is 4.55. The second kappa shape index (κ2) is 7.22. The van der Waals surface area contributed by atoms with Crippen molar-refractivity contribution in [3.63, 3.8) is 0 Å². The lowest BCUT2D eigenvalue weighted by Crippen LogP contribution is -2.32. The fourth-order valence-corrected chi connectivity index (χ4v) is 3.22. The number of halogens is 2. The van der Waals surface area contributed by atoms with Crippen molar-refractivity contribution in [3.05, 3.63) is 65.7 Å². The molecule has 0 N–H and O–H groups in total. The van der Waals surface area contributed by atoms with Gasteiger partial charge in [-0.05, 0) is 36.6 Å². The number of hydrogen-bond acceptors (Lipinski definition) is 5. The zero-order valence-electron chi connectivity index (χ0n) is 14.3. The average molecular weight is 370 g/mol. The summed E-state index contributed by atoms with van der Waals surface area (Å²) in [4.78, 5) is 22.8. The maximum absolute atomic E-state index is 13.9. The molecule has 1 saturated heterocycles. The third-order valence-corrected chi connectivity index (χ3v) is 4.55. The van der Waals surface area contributed by atoms with Crippen molar-refractivity contribution in [2.75, 3.05) is 6.54 Å². The summed E-state index contributed by atoms with van der Waals surface area (Å²) in [6.07, 6.45) is 2.95. The van der Waals surface area contributed by atoms with Gasteiger partial charge in [0.2, 0.25) is 17.6 Å². The molecule has 8 heteroatoms. The minimum Gasteiger partial charge on any atom is -0.337 e. The molecule has 1 aromatic carbocycles. The normalized spacial score (nSPS) is 16.7. The maximum Gasteiger partial charge on any atom is 0.249 e. The van der Waals surface area contributed by atoms with E-state index in [0.717, 1.165) is 18.6 Å². The number of amides is 1. The van der Waals surface area contributed by atoms with Gasteiger partial charge in [0.25, 0.3) is 0 Å². The highest BCUT2D eigenvalue weighted by Crippen LogP contribution is 2.32. The van der Waals surface area contributed by atoms with Crippen molar-refractivity contribution in [3.8, 4) is 11.5 Å². The summed E-state index contributed by atoms with van der Waals surface area (Å²) >= 11 is 0. The van der Waals surface area contributed by atoms with Crippen LogP contribution in [0.3, 0.4) is 0 Å². The fourth-order valence-electron chi connectivity index (χ4n) is 3.22. The van der Waals surface area contributed by atoms with Crippen molar-refractivity contribution in [1.29, 1.82) is 0 Å². The Morgan fingerprint density at radius 3 is 2.93 bits per heavy atom. The number of aromatic nitrogens is 3. The Morgan fingerprint density at radius 2 is 2.15 bits per heavy atom. The van der Waals surface area contributed by atoms with E-state index in [1.165, 1.54) is 6.07 Å². The van der Waals surface area contributed by atoms with Crippen molar-refractivity contribution < 1.29 is 18.1 Å². The maximum atomic E-state index is 13.9. The van der Waals surface area contributed by atoms with E-state index < -0.39 is 11.6 Å². The van der Waals surface area contributed by atoms with E-state index >= 15 is 0 Å². The molecule has 1 atom stereocenters. The van der Waals surface area contributed by atoms with E-state index in [4.69, 9.17) is 4.52 Å². The molecule has 4 rings (SSSR count). The van der Waals surface area contributed by atoms with E-state index in [2.05, 4.69) is 15.1 Å². The van der Waals surface area contributed by atoms with Gasteiger partial charge in [0, 0.05) is 18.8 Å². The molecule has 1 aliphatic rings. The summed E-state index contributed by atoms with van der Waals surface area (Å²) in [5.41, 5.74) is 0.739. The van der Waals surface area contributed by atoms with Crippen LogP contribution in [-0.4, -0.2) is 32.5 Å². The van der Waals surface area contributed by atoms with Crippen LogP contribution in [0.15, 0.2) is 47.1 Å². The lowest BCUT2D eigenvalue weighted by molar-refractivity contribution is -0.131. The first-order chi connectivity index (χ1) is 13.1. The predicted octanol–water partition coefficient (Wildman–Crippen LogP) is 3.32. The molecule has 27 heavy (non-hydrogen) atoms. The Balaban J connectivity index is 1.52. The van der Waals surface area contributed by atoms with Crippen molar-refractivity contribution in [1.82, 2.24) is 20.0 Å². The zero-order chi connectivity index (χ0) is 18.8. The molecule has 3 aromatic rings. The molecule has 0 bridgehead atoms. The summed E-state index contributed by atoms with van der Waals surface area (Å²) in [6, 6.07) is 8.23. The first kappa shape index (κ1) is 17.3. The van der Waals surface area contributed by atoms with Gasteiger partial charge < -0.3 is 9.42 Å². The fraction of sp³-hybridized carbons (Fsp3) is 0.263. The molecular formula is C19H16F2N4O2. The molecule has 1 fully saturated rings. The molecule has 0 radical (unpaired) electrons. The lowest BCUT2D eigenvalue weighted by atomic mass is 10.1. The quantitative estimate of drug-likeness (QED) is 0.705. The van der Waals surface area contributed by atoms with Crippen molar-refractivity contribution in [2.45, 2.75) is 25.3 Å². The topological polar surface area (TPSA) is 72.1 Å². The first-order valence-electron chi connectivity index (χ1n) is 8.60. The zero-order valence-corrected chi connectivity index (χ0v) is 14.3. The average Bonchev–Trinajstić information content (AvgIpc) is 3.33. The molecule has 0 saturated carbocycles. The molecule has 0 aliphatic carbocycles. The van der Waals surface area contributed by atoms with E-state index in [-0.39, 0.29) is 23.9 Å². The van der Waals surface area contributed by atoms with Crippen LogP contribution in [0.4, 0.5) is 8.78 Å². The van der Waals surface area contributed by atoms with Crippen LogP contribution < -0.4 is 0 Å². The summed E-state index contributed by atoms with van der Waals surface area (Å²) in [5.74, 6) is -0.971. The van der Waals surface area contributed by atoms with Crippen LogP contribution >= 0.6 is 0 Å². The van der Waals surface area contributed by atoms with Gasteiger partial charge in [-0.15, -0.1) is 0 Å². The van der Waals surface area contributed by atoms with Gasteiger partial charge in [-0.2, -0.15) is 4.98 Å². The Labute approximate surface area is 153 Å². The van der Waals surface area contributed by atoms with E-state index in [0.29, 0.717) is 30.4 Å². The Kier molecular flexibility index (Phi) is 4.62. The number of carbonyl (C=O) groups is 1. The minimum absolute atomic E-state index is 0.149. The molecule has 0 unspecified atom stereocenters. The number of benzene rings is 1. The molecule has 1 aliphatic heterocycles. The van der Waals surface area contributed by atoms with Gasteiger partial charge in [0.15, 0.2) is 0 Å². The van der Waals surface area contributed by atoms with E-state index in [9.17, 15) is 13.6 Å². The molecular weight excluding hydrogens is 354 g/mol. The first-order valence-corrected chi connectivity index (χ1v) is 8.60. The number of rotatable bonds is 4. The van der Waals surface area contributed by atoms with Gasteiger partial charge in [-0.1, -0.05) is 17.3 Å². The Morgan fingerprint density at radius 1 is 1.26 bits per heavy atom. The lowest BCUT2D eigenvalue weighted by Gasteiger charge is -2.22. The molecule has 2 aromatic heterocycles. The van der Waals surface area contributed by atoms with Crippen molar-refractivity contribution >= 4 is 5.91 Å². The van der Waals surface area contributed by atoms with Gasteiger partial charge in [-0.3, -0.25) is 9.78 Å². The van der Waals surface area contributed by atoms with Gasteiger partial charge in [0.05, 0.1) is 6.42 Å². The highest BCUT2D eigenvalue weighted by Gasteiger charge is 2.34. The minimum atomic E-state index is -0.727. The monoisotopic (exact) mass is 370 g/mol. The Bertz CT molecular complexity index is 961. The predicted molar refractivity (Wildman–Crippen MR) is 91.3 cm³/mol. The summed E-state index contributed by atoms with van der Waals surface area (Å²) in [5, 5.41) is 3.94. The molecule has 0 spiro atoms. The van der Waals surface area contributed by atoms with Crippen LogP contribution in [0.2, 0.25) is 0 Å².